The lowest BCUT2D eigenvalue weighted by Crippen LogP contribution is -2.27. The van der Waals surface area contributed by atoms with Crippen molar-refractivity contribution in [3.05, 3.63) is 70.3 Å². The highest BCUT2D eigenvalue weighted by Gasteiger charge is 2.21. The first kappa shape index (κ1) is 18.6. The molecule has 3 rings (SSSR count). The predicted octanol–water partition coefficient (Wildman–Crippen LogP) is 3.57. The second-order valence-corrected chi connectivity index (χ2v) is 7.49. The topological polar surface area (TPSA) is 72.7 Å². The van der Waals surface area contributed by atoms with E-state index < -0.39 is 5.41 Å². The Hall–Kier alpha value is -3.15. The number of benzene rings is 1. The van der Waals surface area contributed by atoms with E-state index in [9.17, 15) is 9.59 Å². The van der Waals surface area contributed by atoms with Gasteiger partial charge in [0.25, 0.3) is 5.56 Å². The lowest BCUT2D eigenvalue weighted by molar-refractivity contribution is -0.123. The van der Waals surface area contributed by atoms with Crippen LogP contribution in [-0.4, -0.2) is 15.3 Å². The molecule has 6 heteroatoms. The van der Waals surface area contributed by atoms with Gasteiger partial charge in [-0.3, -0.25) is 14.0 Å². The highest BCUT2D eigenvalue weighted by Crippen LogP contribution is 2.20. The van der Waals surface area contributed by atoms with Gasteiger partial charge in [0.2, 0.25) is 5.91 Å². The van der Waals surface area contributed by atoms with Crippen LogP contribution in [0.5, 0.6) is 5.75 Å². The Bertz CT molecular complexity index is 1030. The molecule has 27 heavy (non-hydrogen) atoms. The maximum absolute atomic E-state index is 12.2. The first-order valence-electron chi connectivity index (χ1n) is 8.76. The number of aryl methyl sites for hydroxylation is 1. The quantitative estimate of drug-likeness (QED) is 0.767. The molecule has 0 aliphatic carbocycles. The molecule has 0 spiro atoms. The van der Waals surface area contributed by atoms with E-state index in [-0.39, 0.29) is 18.1 Å². The van der Waals surface area contributed by atoms with Crippen molar-refractivity contribution in [1.82, 2.24) is 9.38 Å². The molecule has 1 aromatic carbocycles. The van der Waals surface area contributed by atoms with Crippen molar-refractivity contribution in [3.63, 3.8) is 0 Å². The Kier molecular flexibility index (Phi) is 4.99. The van der Waals surface area contributed by atoms with Crippen molar-refractivity contribution in [2.24, 2.45) is 5.41 Å². The van der Waals surface area contributed by atoms with Gasteiger partial charge in [0.05, 0.1) is 5.69 Å². The lowest BCUT2D eigenvalue weighted by atomic mass is 9.95. The number of carbonyl (C=O) groups excluding carboxylic acids is 1. The summed E-state index contributed by atoms with van der Waals surface area (Å²) in [5.41, 5.74) is 2.24. The molecule has 1 N–H and O–H groups in total. The van der Waals surface area contributed by atoms with E-state index in [1.54, 1.807) is 30.5 Å². The molecule has 0 atom stereocenters. The molecule has 140 valence electrons. The second kappa shape index (κ2) is 7.23. The van der Waals surface area contributed by atoms with Crippen LogP contribution >= 0.6 is 0 Å². The van der Waals surface area contributed by atoms with Crippen molar-refractivity contribution >= 4 is 17.2 Å². The first-order valence-corrected chi connectivity index (χ1v) is 8.76. The summed E-state index contributed by atoms with van der Waals surface area (Å²) in [6.07, 6.45) is 1.70. The molecular formula is C21H23N3O3. The summed E-state index contributed by atoms with van der Waals surface area (Å²) < 4.78 is 7.26. The van der Waals surface area contributed by atoms with Gasteiger partial charge in [-0.05, 0) is 42.8 Å². The Balaban J connectivity index is 1.70. The molecule has 0 bridgehead atoms. The summed E-state index contributed by atoms with van der Waals surface area (Å²) in [7, 11) is 0. The van der Waals surface area contributed by atoms with Crippen LogP contribution in [0.2, 0.25) is 0 Å². The van der Waals surface area contributed by atoms with Gasteiger partial charge in [-0.15, -0.1) is 0 Å². The Morgan fingerprint density at radius 1 is 1.19 bits per heavy atom. The van der Waals surface area contributed by atoms with Crippen molar-refractivity contribution < 1.29 is 9.53 Å². The summed E-state index contributed by atoms with van der Waals surface area (Å²) in [6, 6.07) is 12.3. The number of amides is 1. The fourth-order valence-electron chi connectivity index (χ4n) is 2.49. The molecule has 0 aliphatic heterocycles. The molecule has 0 fully saturated rings. The minimum atomic E-state index is -0.455. The van der Waals surface area contributed by atoms with Gasteiger partial charge >= 0.3 is 0 Å². The van der Waals surface area contributed by atoms with Crippen LogP contribution in [-0.2, 0) is 11.4 Å². The SMILES string of the molecule is Cc1cccn2c(=O)cc(COc3ccc(NC(=O)C(C)(C)C)cc3)nc12. The van der Waals surface area contributed by atoms with Gasteiger partial charge in [-0.25, -0.2) is 4.98 Å². The molecule has 6 nitrogen and oxygen atoms in total. The number of fused-ring (bicyclic) bond motifs is 1. The summed E-state index contributed by atoms with van der Waals surface area (Å²) in [5.74, 6) is 0.586. The summed E-state index contributed by atoms with van der Waals surface area (Å²) in [4.78, 5) is 28.7. The molecular weight excluding hydrogens is 342 g/mol. The second-order valence-electron chi connectivity index (χ2n) is 7.49. The van der Waals surface area contributed by atoms with E-state index in [0.717, 1.165) is 5.56 Å². The van der Waals surface area contributed by atoms with Crippen LogP contribution in [0.4, 0.5) is 5.69 Å². The van der Waals surface area contributed by atoms with Crippen molar-refractivity contribution in [2.45, 2.75) is 34.3 Å². The van der Waals surface area contributed by atoms with E-state index in [0.29, 0.717) is 22.8 Å². The molecule has 1 amide bonds. The van der Waals surface area contributed by atoms with Crippen molar-refractivity contribution in [3.8, 4) is 5.75 Å². The number of hydrogen-bond acceptors (Lipinski definition) is 4. The number of anilines is 1. The van der Waals surface area contributed by atoms with Crippen LogP contribution in [0, 0.1) is 12.3 Å². The standard InChI is InChI=1S/C21H23N3O3/c1-14-6-5-11-24-18(25)12-16(22-19(14)24)13-27-17-9-7-15(8-10-17)23-20(26)21(2,3)4/h5-12H,13H2,1-4H3,(H,23,26). The number of carbonyl (C=O) groups is 1. The summed E-state index contributed by atoms with van der Waals surface area (Å²) in [6.45, 7) is 7.69. The maximum atomic E-state index is 12.2. The number of nitrogens with zero attached hydrogens (tertiary/aromatic N) is 2. The van der Waals surface area contributed by atoms with E-state index >= 15 is 0 Å². The smallest absolute Gasteiger partial charge is 0.258 e. The van der Waals surface area contributed by atoms with E-state index in [2.05, 4.69) is 10.3 Å². The highest BCUT2D eigenvalue weighted by molar-refractivity contribution is 5.94. The van der Waals surface area contributed by atoms with Crippen LogP contribution in [0.1, 0.15) is 32.0 Å². The van der Waals surface area contributed by atoms with Gasteiger partial charge in [0, 0.05) is 23.4 Å². The van der Waals surface area contributed by atoms with Gasteiger partial charge in [-0.1, -0.05) is 26.8 Å². The zero-order valence-corrected chi connectivity index (χ0v) is 15.9. The predicted molar refractivity (Wildman–Crippen MR) is 105 cm³/mol. The number of rotatable bonds is 4. The van der Waals surface area contributed by atoms with E-state index in [4.69, 9.17) is 4.74 Å². The van der Waals surface area contributed by atoms with E-state index in [1.165, 1.54) is 10.5 Å². The number of aromatic nitrogens is 2. The molecule has 0 saturated carbocycles. The average molecular weight is 365 g/mol. The third-order valence-electron chi connectivity index (χ3n) is 4.12. The molecule has 3 aromatic rings. The number of pyridine rings is 1. The zero-order valence-electron chi connectivity index (χ0n) is 15.9. The Morgan fingerprint density at radius 2 is 1.89 bits per heavy atom. The molecule has 0 aliphatic rings. The van der Waals surface area contributed by atoms with Gasteiger partial charge in [0.1, 0.15) is 18.0 Å². The third kappa shape index (κ3) is 4.34. The van der Waals surface area contributed by atoms with Crippen LogP contribution in [0.25, 0.3) is 5.65 Å². The fraction of sp³-hybridized carbons (Fsp3) is 0.286. The molecule has 2 heterocycles. The van der Waals surface area contributed by atoms with Crippen LogP contribution < -0.4 is 15.6 Å². The van der Waals surface area contributed by atoms with Crippen LogP contribution in [0.3, 0.4) is 0 Å². The Morgan fingerprint density at radius 3 is 2.56 bits per heavy atom. The third-order valence-corrected chi connectivity index (χ3v) is 4.12. The largest absolute Gasteiger partial charge is 0.487 e. The van der Waals surface area contributed by atoms with E-state index in [1.807, 2.05) is 39.8 Å². The Labute approximate surface area is 157 Å². The monoisotopic (exact) mass is 365 g/mol. The number of hydrogen-bond donors (Lipinski definition) is 1. The summed E-state index contributed by atoms with van der Waals surface area (Å²) >= 11 is 0. The molecule has 2 aromatic heterocycles. The maximum Gasteiger partial charge on any atom is 0.258 e. The summed E-state index contributed by atoms with van der Waals surface area (Å²) in [5, 5.41) is 2.87. The molecule has 0 radical (unpaired) electrons. The number of nitrogens with one attached hydrogen (secondary N) is 1. The van der Waals surface area contributed by atoms with Gasteiger partial charge in [0.15, 0.2) is 0 Å². The number of ether oxygens (including phenoxy) is 1. The minimum absolute atomic E-state index is 0.0487. The van der Waals surface area contributed by atoms with Gasteiger partial charge in [-0.2, -0.15) is 0 Å². The zero-order chi connectivity index (χ0) is 19.6. The van der Waals surface area contributed by atoms with Crippen molar-refractivity contribution in [2.75, 3.05) is 5.32 Å². The first-order chi connectivity index (χ1) is 12.7. The van der Waals surface area contributed by atoms with Gasteiger partial charge < -0.3 is 10.1 Å². The minimum Gasteiger partial charge on any atom is -0.487 e. The lowest BCUT2D eigenvalue weighted by Gasteiger charge is -2.17. The fourth-order valence-corrected chi connectivity index (χ4v) is 2.49. The van der Waals surface area contributed by atoms with Crippen molar-refractivity contribution in [1.29, 1.82) is 0 Å². The normalized spacial score (nSPS) is 11.4. The van der Waals surface area contributed by atoms with Crippen LogP contribution in [0.15, 0.2) is 53.5 Å². The highest BCUT2D eigenvalue weighted by atomic mass is 16.5. The average Bonchev–Trinajstić information content (AvgIpc) is 2.61. The molecule has 0 unspecified atom stereocenters. The molecule has 0 saturated heterocycles.